The van der Waals surface area contributed by atoms with E-state index in [1.807, 2.05) is 0 Å². The lowest BCUT2D eigenvalue weighted by molar-refractivity contribution is -0.122. The molecule has 0 aromatic heterocycles. The first-order chi connectivity index (χ1) is 8.13. The number of carbonyl (C=O) groups excluding carboxylic acids is 1. The van der Waals surface area contributed by atoms with Gasteiger partial charge in [0.15, 0.2) is 0 Å². The Labute approximate surface area is 106 Å². The molecule has 100 valence electrons. The molecule has 0 aliphatic carbocycles. The molecular weight excluding hydrogens is 212 g/mol. The van der Waals surface area contributed by atoms with Crippen molar-refractivity contribution in [3.63, 3.8) is 0 Å². The lowest BCUT2D eigenvalue weighted by atomic mass is 9.99. The highest BCUT2D eigenvalue weighted by molar-refractivity contribution is 5.76. The second-order valence-corrected chi connectivity index (χ2v) is 5.43. The van der Waals surface area contributed by atoms with Crippen LogP contribution in [-0.4, -0.2) is 24.5 Å². The van der Waals surface area contributed by atoms with Crippen LogP contribution in [0.4, 0.5) is 0 Å². The average Bonchev–Trinajstić information content (AvgIpc) is 2.36. The van der Waals surface area contributed by atoms with Gasteiger partial charge in [-0.05, 0) is 38.6 Å². The Morgan fingerprint density at radius 2 is 2.18 bits per heavy atom. The van der Waals surface area contributed by atoms with Gasteiger partial charge in [0.25, 0.3) is 0 Å². The van der Waals surface area contributed by atoms with Crippen LogP contribution in [0, 0.1) is 5.92 Å². The van der Waals surface area contributed by atoms with Gasteiger partial charge in [0.05, 0.1) is 0 Å². The first-order valence-electron chi connectivity index (χ1n) is 7.16. The molecule has 3 nitrogen and oxygen atoms in total. The van der Waals surface area contributed by atoms with Crippen LogP contribution in [-0.2, 0) is 4.79 Å². The number of rotatable bonds is 6. The summed E-state index contributed by atoms with van der Waals surface area (Å²) >= 11 is 0. The van der Waals surface area contributed by atoms with E-state index in [9.17, 15) is 4.79 Å². The number of hydrogen-bond donors (Lipinski definition) is 2. The van der Waals surface area contributed by atoms with E-state index < -0.39 is 0 Å². The molecule has 0 aromatic rings. The van der Waals surface area contributed by atoms with E-state index in [-0.39, 0.29) is 5.91 Å². The normalized spacial score (nSPS) is 24.1. The van der Waals surface area contributed by atoms with Gasteiger partial charge in [0.1, 0.15) is 0 Å². The summed E-state index contributed by atoms with van der Waals surface area (Å²) in [7, 11) is 0. The molecule has 3 atom stereocenters. The Morgan fingerprint density at radius 1 is 1.41 bits per heavy atom. The molecule has 1 fully saturated rings. The van der Waals surface area contributed by atoms with Crippen LogP contribution in [0.15, 0.2) is 0 Å². The zero-order valence-corrected chi connectivity index (χ0v) is 11.6. The quantitative estimate of drug-likeness (QED) is 0.749. The summed E-state index contributed by atoms with van der Waals surface area (Å²) in [6.45, 7) is 7.58. The minimum absolute atomic E-state index is 0.213. The molecule has 2 N–H and O–H groups in total. The zero-order chi connectivity index (χ0) is 12.7. The maximum absolute atomic E-state index is 11.8. The van der Waals surface area contributed by atoms with Crippen LogP contribution in [0.3, 0.4) is 0 Å². The minimum atomic E-state index is 0.213. The van der Waals surface area contributed by atoms with Crippen molar-refractivity contribution in [2.75, 3.05) is 6.54 Å². The third-order valence-electron chi connectivity index (χ3n) is 4.02. The van der Waals surface area contributed by atoms with Crippen molar-refractivity contribution in [2.45, 2.75) is 71.4 Å². The van der Waals surface area contributed by atoms with Crippen molar-refractivity contribution in [1.82, 2.24) is 10.6 Å². The summed E-state index contributed by atoms with van der Waals surface area (Å²) in [6, 6.07) is 0.861. The van der Waals surface area contributed by atoms with E-state index in [2.05, 4.69) is 31.4 Å². The van der Waals surface area contributed by atoms with Crippen molar-refractivity contribution < 1.29 is 4.79 Å². The van der Waals surface area contributed by atoms with E-state index >= 15 is 0 Å². The maximum atomic E-state index is 11.8. The average molecular weight is 240 g/mol. The van der Waals surface area contributed by atoms with Crippen molar-refractivity contribution >= 4 is 5.91 Å². The van der Waals surface area contributed by atoms with E-state index in [0.717, 1.165) is 19.4 Å². The Kier molecular flexibility index (Phi) is 6.56. The lowest BCUT2D eigenvalue weighted by Gasteiger charge is -2.24. The number of hydrogen-bond acceptors (Lipinski definition) is 2. The van der Waals surface area contributed by atoms with E-state index in [1.165, 1.54) is 19.3 Å². The van der Waals surface area contributed by atoms with Gasteiger partial charge in [-0.2, -0.15) is 0 Å². The Bertz CT molecular complexity index is 224. The van der Waals surface area contributed by atoms with Gasteiger partial charge in [0.2, 0.25) is 5.91 Å². The molecule has 0 radical (unpaired) electrons. The first-order valence-corrected chi connectivity index (χ1v) is 7.16. The Morgan fingerprint density at radius 3 is 2.76 bits per heavy atom. The number of nitrogens with one attached hydrogen (secondary N) is 2. The smallest absolute Gasteiger partial charge is 0.220 e. The molecule has 0 spiro atoms. The Balaban J connectivity index is 2.15. The van der Waals surface area contributed by atoms with Crippen LogP contribution in [0.25, 0.3) is 0 Å². The van der Waals surface area contributed by atoms with Crippen LogP contribution in [0.5, 0.6) is 0 Å². The molecule has 1 aliphatic heterocycles. The van der Waals surface area contributed by atoms with Crippen LogP contribution in [0.2, 0.25) is 0 Å². The van der Waals surface area contributed by atoms with Gasteiger partial charge in [0, 0.05) is 18.5 Å². The summed E-state index contributed by atoms with van der Waals surface area (Å²) in [5.41, 5.74) is 0. The number of carbonyl (C=O) groups is 1. The summed E-state index contributed by atoms with van der Waals surface area (Å²) in [6.07, 6.45) is 6.59. The molecule has 0 bridgehead atoms. The fourth-order valence-corrected chi connectivity index (χ4v) is 2.30. The predicted molar refractivity (Wildman–Crippen MR) is 71.9 cm³/mol. The second kappa shape index (κ2) is 7.70. The van der Waals surface area contributed by atoms with E-state index in [1.54, 1.807) is 0 Å². The molecule has 0 aromatic carbocycles. The topological polar surface area (TPSA) is 41.1 Å². The van der Waals surface area contributed by atoms with Crippen LogP contribution in [0.1, 0.15) is 59.3 Å². The minimum Gasteiger partial charge on any atom is -0.353 e. The molecule has 3 heteroatoms. The van der Waals surface area contributed by atoms with Gasteiger partial charge in [-0.3, -0.25) is 4.79 Å². The standard InChI is InChI=1S/C14H28N2O/c1-4-11(2)12(3)16-14(17)9-8-13-7-5-6-10-15-13/h11-13,15H,4-10H2,1-3H3,(H,16,17). The lowest BCUT2D eigenvalue weighted by Crippen LogP contribution is -2.39. The van der Waals surface area contributed by atoms with Crippen molar-refractivity contribution in [2.24, 2.45) is 5.92 Å². The monoisotopic (exact) mass is 240 g/mol. The first kappa shape index (κ1) is 14.5. The fourth-order valence-electron chi connectivity index (χ4n) is 2.30. The summed E-state index contributed by atoms with van der Waals surface area (Å²) in [5, 5.41) is 6.59. The number of amides is 1. The van der Waals surface area contributed by atoms with E-state index in [0.29, 0.717) is 24.4 Å². The highest BCUT2D eigenvalue weighted by Crippen LogP contribution is 2.12. The third kappa shape index (κ3) is 5.53. The molecule has 0 saturated carbocycles. The molecule has 1 amide bonds. The highest BCUT2D eigenvalue weighted by Gasteiger charge is 2.16. The van der Waals surface area contributed by atoms with Gasteiger partial charge < -0.3 is 10.6 Å². The molecule has 17 heavy (non-hydrogen) atoms. The zero-order valence-electron chi connectivity index (χ0n) is 11.6. The van der Waals surface area contributed by atoms with Gasteiger partial charge in [-0.15, -0.1) is 0 Å². The van der Waals surface area contributed by atoms with Crippen molar-refractivity contribution in [1.29, 1.82) is 0 Å². The SMILES string of the molecule is CCC(C)C(C)NC(=O)CCC1CCCCN1. The van der Waals surface area contributed by atoms with E-state index in [4.69, 9.17) is 0 Å². The van der Waals surface area contributed by atoms with Gasteiger partial charge in [-0.25, -0.2) is 0 Å². The summed E-state index contributed by atoms with van der Waals surface area (Å²) in [4.78, 5) is 11.8. The Hall–Kier alpha value is -0.570. The molecule has 1 rings (SSSR count). The van der Waals surface area contributed by atoms with Gasteiger partial charge >= 0.3 is 0 Å². The predicted octanol–water partition coefficient (Wildman–Crippen LogP) is 2.46. The van der Waals surface area contributed by atoms with Crippen molar-refractivity contribution in [3.8, 4) is 0 Å². The molecular formula is C14H28N2O. The van der Waals surface area contributed by atoms with Crippen LogP contribution >= 0.6 is 0 Å². The highest BCUT2D eigenvalue weighted by atomic mass is 16.1. The summed E-state index contributed by atoms with van der Waals surface area (Å²) in [5.74, 6) is 0.775. The third-order valence-corrected chi connectivity index (χ3v) is 4.02. The van der Waals surface area contributed by atoms with Crippen molar-refractivity contribution in [3.05, 3.63) is 0 Å². The van der Waals surface area contributed by atoms with Gasteiger partial charge in [-0.1, -0.05) is 26.7 Å². The van der Waals surface area contributed by atoms with Crippen LogP contribution < -0.4 is 10.6 Å². The maximum Gasteiger partial charge on any atom is 0.220 e. The largest absolute Gasteiger partial charge is 0.353 e. The molecule has 3 unspecified atom stereocenters. The molecule has 1 saturated heterocycles. The molecule has 1 heterocycles. The number of piperidine rings is 1. The molecule has 1 aliphatic rings. The summed E-state index contributed by atoms with van der Waals surface area (Å²) < 4.78 is 0. The fraction of sp³-hybridized carbons (Fsp3) is 0.929. The second-order valence-electron chi connectivity index (χ2n) is 5.43.